The van der Waals surface area contributed by atoms with Gasteiger partial charge in [-0.05, 0) is 43.3 Å². The van der Waals surface area contributed by atoms with Crippen LogP contribution < -0.4 is 0 Å². The third-order valence-electron chi connectivity index (χ3n) is 5.69. The molecule has 0 aromatic heterocycles. The zero-order chi connectivity index (χ0) is 18.3. The molecule has 2 aliphatic carbocycles. The summed E-state index contributed by atoms with van der Waals surface area (Å²) in [5.41, 5.74) is 1.29. The van der Waals surface area contributed by atoms with Gasteiger partial charge in [-0.1, -0.05) is 82.9 Å². The highest BCUT2D eigenvalue weighted by molar-refractivity contribution is 5.40. The van der Waals surface area contributed by atoms with Crippen molar-refractivity contribution in [2.24, 2.45) is 5.92 Å². The molecule has 0 aromatic carbocycles. The Balaban J connectivity index is 2.02. The van der Waals surface area contributed by atoms with Crippen LogP contribution in [-0.4, -0.2) is 21.4 Å². The van der Waals surface area contributed by atoms with E-state index in [0.717, 1.165) is 44.9 Å². The van der Waals surface area contributed by atoms with Gasteiger partial charge in [-0.3, -0.25) is 0 Å². The van der Waals surface area contributed by atoms with Crippen LogP contribution in [0.1, 0.15) is 78.6 Å². The molecule has 0 amide bonds. The summed E-state index contributed by atoms with van der Waals surface area (Å²) in [6.07, 6.45) is 21.2. The zero-order valence-electron chi connectivity index (χ0n) is 16.3. The van der Waals surface area contributed by atoms with Gasteiger partial charge in [0.05, 0.1) is 11.2 Å². The van der Waals surface area contributed by atoms with Gasteiger partial charge in [-0.25, -0.2) is 0 Å². The minimum Gasteiger partial charge on any atom is -0.385 e. The minimum atomic E-state index is -0.658. The molecule has 0 bridgehead atoms. The van der Waals surface area contributed by atoms with Crippen molar-refractivity contribution in [3.8, 4) is 0 Å². The summed E-state index contributed by atoms with van der Waals surface area (Å²) in [5, 5.41) is 21.3. The lowest BCUT2D eigenvalue weighted by atomic mass is 9.78. The molecular weight excluding hydrogens is 308 g/mol. The van der Waals surface area contributed by atoms with Crippen molar-refractivity contribution in [2.45, 2.75) is 89.8 Å². The van der Waals surface area contributed by atoms with E-state index in [2.05, 4.69) is 45.1 Å². The summed E-state index contributed by atoms with van der Waals surface area (Å²) in [6, 6.07) is 0. The van der Waals surface area contributed by atoms with E-state index in [1.807, 2.05) is 12.2 Å². The Morgan fingerprint density at radius 2 is 1.28 bits per heavy atom. The van der Waals surface area contributed by atoms with Crippen LogP contribution in [0.15, 0.2) is 47.6 Å². The van der Waals surface area contributed by atoms with Crippen LogP contribution in [0.2, 0.25) is 0 Å². The highest BCUT2D eigenvalue weighted by Crippen LogP contribution is 2.36. The second-order valence-electron chi connectivity index (χ2n) is 7.86. The number of rotatable bonds is 9. The van der Waals surface area contributed by atoms with Crippen molar-refractivity contribution in [2.75, 3.05) is 0 Å². The normalized spacial score (nSPS) is 30.1. The van der Waals surface area contributed by atoms with Gasteiger partial charge in [0.2, 0.25) is 0 Å². The van der Waals surface area contributed by atoms with Crippen molar-refractivity contribution >= 4 is 0 Å². The Morgan fingerprint density at radius 3 is 1.56 bits per heavy atom. The van der Waals surface area contributed by atoms with Gasteiger partial charge in [0, 0.05) is 5.92 Å². The Labute approximate surface area is 154 Å². The monoisotopic (exact) mass is 344 g/mol. The van der Waals surface area contributed by atoms with Crippen LogP contribution in [0.5, 0.6) is 0 Å². The largest absolute Gasteiger partial charge is 0.385 e. The number of allylic oxidation sites excluding steroid dienone is 4. The molecule has 0 fully saturated rings. The van der Waals surface area contributed by atoms with Crippen molar-refractivity contribution in [1.29, 1.82) is 0 Å². The fourth-order valence-electron chi connectivity index (χ4n) is 3.88. The molecule has 25 heavy (non-hydrogen) atoms. The minimum absolute atomic E-state index is 0.360. The van der Waals surface area contributed by atoms with Crippen LogP contribution in [0.4, 0.5) is 0 Å². The van der Waals surface area contributed by atoms with Gasteiger partial charge in [0.25, 0.3) is 0 Å². The van der Waals surface area contributed by atoms with Crippen molar-refractivity contribution in [3.05, 3.63) is 47.6 Å². The molecule has 2 nitrogen and oxygen atoms in total. The Morgan fingerprint density at radius 1 is 0.840 bits per heavy atom. The van der Waals surface area contributed by atoms with Crippen molar-refractivity contribution in [3.63, 3.8) is 0 Å². The quantitative estimate of drug-likeness (QED) is 0.569. The van der Waals surface area contributed by atoms with Crippen molar-refractivity contribution < 1.29 is 10.2 Å². The predicted octanol–water partition coefficient (Wildman–Crippen LogP) is 5.63. The summed E-state index contributed by atoms with van der Waals surface area (Å²) in [5.74, 6) is 0.360. The summed E-state index contributed by atoms with van der Waals surface area (Å²) in [7, 11) is 0. The van der Waals surface area contributed by atoms with Crippen LogP contribution in [0.3, 0.4) is 0 Å². The standard InChI is InChI=1S/C23H36O2/c1-4-7-13-22(24)15-9-19(10-16-22)21(6-3)20-11-17-23(25,18-12-20)14-8-5-2/h9-12,15,17,21,24-25H,4-8,13-14,16,18H2,1-3H3. The first kappa shape index (κ1) is 20.2. The smallest absolute Gasteiger partial charge is 0.0865 e. The Kier molecular flexibility index (Phi) is 7.27. The summed E-state index contributed by atoms with van der Waals surface area (Å²) in [4.78, 5) is 0. The molecule has 0 radical (unpaired) electrons. The molecule has 0 aromatic rings. The summed E-state index contributed by atoms with van der Waals surface area (Å²) < 4.78 is 0. The summed E-state index contributed by atoms with van der Waals surface area (Å²) in [6.45, 7) is 6.53. The lowest BCUT2D eigenvalue weighted by molar-refractivity contribution is 0.0800. The molecule has 0 spiro atoms. The van der Waals surface area contributed by atoms with E-state index in [4.69, 9.17) is 0 Å². The molecule has 0 heterocycles. The third-order valence-corrected chi connectivity index (χ3v) is 5.69. The van der Waals surface area contributed by atoms with Crippen LogP contribution >= 0.6 is 0 Å². The number of unbranched alkanes of at least 4 members (excludes halogenated alkanes) is 2. The van der Waals surface area contributed by atoms with Gasteiger partial charge in [0.15, 0.2) is 0 Å². The number of aliphatic hydroxyl groups is 2. The molecule has 2 unspecified atom stereocenters. The van der Waals surface area contributed by atoms with E-state index < -0.39 is 11.2 Å². The van der Waals surface area contributed by atoms with E-state index in [-0.39, 0.29) is 0 Å². The van der Waals surface area contributed by atoms with E-state index >= 15 is 0 Å². The van der Waals surface area contributed by atoms with Gasteiger partial charge in [-0.15, -0.1) is 0 Å². The molecule has 2 N–H and O–H groups in total. The highest BCUT2D eigenvalue weighted by Gasteiger charge is 2.29. The van der Waals surface area contributed by atoms with E-state index in [9.17, 15) is 10.2 Å². The third kappa shape index (κ3) is 5.43. The second-order valence-corrected chi connectivity index (χ2v) is 7.86. The van der Waals surface area contributed by atoms with Crippen LogP contribution in [0.25, 0.3) is 0 Å². The van der Waals surface area contributed by atoms with Crippen molar-refractivity contribution in [1.82, 2.24) is 0 Å². The molecule has 2 rings (SSSR count). The molecule has 2 aliphatic rings. The molecular formula is C23H36O2. The molecule has 140 valence electrons. The first-order chi connectivity index (χ1) is 12.0. The second kappa shape index (κ2) is 9.00. The first-order valence-electron chi connectivity index (χ1n) is 10.2. The lowest BCUT2D eigenvalue weighted by Crippen LogP contribution is -2.29. The fraction of sp³-hybridized carbons (Fsp3) is 0.652. The van der Waals surface area contributed by atoms with E-state index in [1.54, 1.807) is 0 Å². The number of hydrogen-bond acceptors (Lipinski definition) is 2. The topological polar surface area (TPSA) is 40.5 Å². The van der Waals surface area contributed by atoms with Gasteiger partial charge in [-0.2, -0.15) is 0 Å². The Bertz CT molecular complexity index is 506. The first-order valence-corrected chi connectivity index (χ1v) is 10.2. The molecule has 0 aliphatic heterocycles. The van der Waals surface area contributed by atoms with Crippen LogP contribution in [-0.2, 0) is 0 Å². The lowest BCUT2D eigenvalue weighted by Gasteiger charge is -2.31. The van der Waals surface area contributed by atoms with Crippen LogP contribution in [0, 0.1) is 5.92 Å². The summed E-state index contributed by atoms with van der Waals surface area (Å²) >= 11 is 0. The molecule has 2 heteroatoms. The zero-order valence-corrected chi connectivity index (χ0v) is 16.3. The maximum Gasteiger partial charge on any atom is 0.0865 e. The predicted molar refractivity (Wildman–Crippen MR) is 106 cm³/mol. The van der Waals surface area contributed by atoms with E-state index in [1.165, 1.54) is 11.1 Å². The molecule has 0 saturated heterocycles. The van der Waals surface area contributed by atoms with E-state index in [0.29, 0.717) is 18.8 Å². The SMILES string of the molecule is CCCCC1(O)C=CC(C(CC)C2=CCC(O)(CCCC)C=C2)=CC1. The maximum atomic E-state index is 10.6. The van der Waals surface area contributed by atoms with Gasteiger partial charge in [0.1, 0.15) is 0 Å². The number of hydrogen-bond donors (Lipinski definition) is 2. The maximum absolute atomic E-state index is 10.6. The fourth-order valence-corrected chi connectivity index (χ4v) is 3.88. The van der Waals surface area contributed by atoms with Gasteiger partial charge < -0.3 is 10.2 Å². The highest BCUT2D eigenvalue weighted by atomic mass is 16.3. The Hall–Kier alpha value is -1.12. The average molecular weight is 345 g/mol. The molecule has 0 saturated carbocycles. The average Bonchev–Trinajstić information content (AvgIpc) is 2.62. The van der Waals surface area contributed by atoms with Gasteiger partial charge >= 0.3 is 0 Å². The molecule has 2 atom stereocenters.